The Labute approximate surface area is 194 Å². The van der Waals surface area contributed by atoms with Crippen molar-refractivity contribution >= 4 is 38.8 Å². The standard InChI is InChI=1S/C26H22BrNO4/c1-3-31-26(30)24-17(2)28(16-18-8-5-4-6-9-18)23-13-12-21(15-22(23)24)32-25(29)19-10-7-11-20(27)14-19/h4-15H,3,16H2,1-2H3. The number of benzene rings is 3. The maximum absolute atomic E-state index is 12.8. The summed E-state index contributed by atoms with van der Waals surface area (Å²) in [6, 6.07) is 22.4. The third-order valence-corrected chi connectivity index (χ3v) is 5.72. The van der Waals surface area contributed by atoms with E-state index in [1.54, 1.807) is 37.3 Å². The van der Waals surface area contributed by atoms with Gasteiger partial charge in [-0.25, -0.2) is 9.59 Å². The lowest BCUT2D eigenvalue weighted by molar-refractivity contribution is 0.0527. The summed E-state index contributed by atoms with van der Waals surface area (Å²) in [5, 5.41) is 0.691. The minimum Gasteiger partial charge on any atom is -0.462 e. The second-order valence-electron chi connectivity index (χ2n) is 7.33. The van der Waals surface area contributed by atoms with Crippen LogP contribution in [-0.4, -0.2) is 23.1 Å². The van der Waals surface area contributed by atoms with Crippen LogP contribution in [0.25, 0.3) is 10.9 Å². The van der Waals surface area contributed by atoms with E-state index in [-0.39, 0.29) is 6.61 Å². The van der Waals surface area contributed by atoms with Crippen LogP contribution in [0.5, 0.6) is 5.75 Å². The van der Waals surface area contributed by atoms with Crippen LogP contribution in [0.2, 0.25) is 0 Å². The third-order valence-electron chi connectivity index (χ3n) is 5.23. The van der Waals surface area contributed by atoms with E-state index in [0.29, 0.717) is 28.8 Å². The lowest BCUT2D eigenvalue weighted by Crippen LogP contribution is -2.08. The fraction of sp³-hybridized carbons (Fsp3) is 0.154. The van der Waals surface area contributed by atoms with Crippen LogP contribution in [0.3, 0.4) is 0 Å². The number of rotatable bonds is 6. The summed E-state index contributed by atoms with van der Waals surface area (Å²) >= 11 is 3.36. The van der Waals surface area contributed by atoms with Crippen LogP contribution in [0, 0.1) is 6.92 Å². The molecule has 0 saturated carbocycles. The number of ether oxygens (including phenoxy) is 2. The largest absolute Gasteiger partial charge is 0.462 e. The van der Waals surface area contributed by atoms with Gasteiger partial charge in [-0.1, -0.05) is 52.3 Å². The number of esters is 2. The van der Waals surface area contributed by atoms with E-state index >= 15 is 0 Å². The first kappa shape index (κ1) is 21.8. The van der Waals surface area contributed by atoms with Crippen molar-refractivity contribution in [2.75, 3.05) is 6.61 Å². The van der Waals surface area contributed by atoms with Crippen molar-refractivity contribution in [1.82, 2.24) is 4.57 Å². The molecule has 3 aromatic carbocycles. The van der Waals surface area contributed by atoms with Gasteiger partial charge in [0.05, 0.1) is 17.7 Å². The molecule has 32 heavy (non-hydrogen) atoms. The molecule has 4 rings (SSSR count). The first-order valence-electron chi connectivity index (χ1n) is 10.3. The first-order chi connectivity index (χ1) is 15.5. The van der Waals surface area contributed by atoms with E-state index in [1.165, 1.54) is 0 Å². The molecular formula is C26H22BrNO4. The highest BCUT2D eigenvalue weighted by Crippen LogP contribution is 2.31. The molecule has 0 N–H and O–H groups in total. The SMILES string of the molecule is CCOC(=O)c1c(C)n(Cc2ccccc2)c2ccc(OC(=O)c3cccc(Br)c3)cc12. The van der Waals surface area contributed by atoms with Crippen LogP contribution in [0.1, 0.15) is 38.9 Å². The lowest BCUT2D eigenvalue weighted by atomic mass is 10.1. The molecule has 0 unspecified atom stereocenters. The highest BCUT2D eigenvalue weighted by atomic mass is 79.9. The van der Waals surface area contributed by atoms with Crippen LogP contribution in [0.15, 0.2) is 77.3 Å². The number of carbonyl (C=O) groups excluding carboxylic acids is 2. The van der Waals surface area contributed by atoms with Crippen LogP contribution in [0.4, 0.5) is 0 Å². The van der Waals surface area contributed by atoms with Crippen molar-refractivity contribution in [3.05, 3.63) is 99.7 Å². The molecule has 0 spiro atoms. The van der Waals surface area contributed by atoms with E-state index < -0.39 is 11.9 Å². The maximum atomic E-state index is 12.8. The van der Waals surface area contributed by atoms with Crippen molar-refractivity contribution in [1.29, 1.82) is 0 Å². The molecule has 0 aliphatic rings. The fourth-order valence-electron chi connectivity index (χ4n) is 3.74. The van der Waals surface area contributed by atoms with Gasteiger partial charge in [-0.15, -0.1) is 0 Å². The molecule has 1 heterocycles. The highest BCUT2D eigenvalue weighted by Gasteiger charge is 2.22. The highest BCUT2D eigenvalue weighted by molar-refractivity contribution is 9.10. The molecule has 0 radical (unpaired) electrons. The normalized spacial score (nSPS) is 10.8. The Kier molecular flexibility index (Phi) is 6.42. The van der Waals surface area contributed by atoms with Gasteiger partial charge in [0.2, 0.25) is 0 Å². The van der Waals surface area contributed by atoms with Crippen molar-refractivity contribution < 1.29 is 19.1 Å². The summed E-state index contributed by atoms with van der Waals surface area (Å²) in [5.74, 6) is -0.495. The van der Waals surface area contributed by atoms with Gasteiger partial charge in [-0.3, -0.25) is 0 Å². The lowest BCUT2D eigenvalue weighted by Gasteiger charge is -2.09. The molecule has 0 bridgehead atoms. The van der Waals surface area contributed by atoms with Gasteiger partial charge in [-0.2, -0.15) is 0 Å². The monoisotopic (exact) mass is 491 g/mol. The van der Waals surface area contributed by atoms with Crippen LogP contribution < -0.4 is 4.74 Å². The molecule has 1 aromatic heterocycles. The van der Waals surface area contributed by atoms with E-state index in [1.807, 2.05) is 49.4 Å². The fourth-order valence-corrected chi connectivity index (χ4v) is 4.14. The van der Waals surface area contributed by atoms with Crippen LogP contribution >= 0.6 is 15.9 Å². The smallest absolute Gasteiger partial charge is 0.343 e. The zero-order valence-corrected chi connectivity index (χ0v) is 19.4. The molecular weight excluding hydrogens is 470 g/mol. The van der Waals surface area contributed by atoms with Gasteiger partial charge in [0, 0.05) is 27.6 Å². The van der Waals surface area contributed by atoms with Gasteiger partial charge >= 0.3 is 11.9 Å². The molecule has 5 nitrogen and oxygen atoms in total. The Balaban J connectivity index is 1.76. The minimum absolute atomic E-state index is 0.279. The zero-order valence-electron chi connectivity index (χ0n) is 17.8. The quantitative estimate of drug-likeness (QED) is 0.239. The molecule has 0 amide bonds. The first-order valence-corrected chi connectivity index (χ1v) is 11.1. The second kappa shape index (κ2) is 9.40. The van der Waals surface area contributed by atoms with E-state index in [2.05, 4.69) is 20.5 Å². The Bertz CT molecular complexity index is 1290. The summed E-state index contributed by atoms with van der Waals surface area (Å²) in [5.41, 5.74) is 3.71. The number of fused-ring (bicyclic) bond motifs is 1. The molecule has 0 atom stereocenters. The summed E-state index contributed by atoms with van der Waals surface area (Å²) in [6.07, 6.45) is 0. The van der Waals surface area contributed by atoms with E-state index in [4.69, 9.17) is 9.47 Å². The summed E-state index contributed by atoms with van der Waals surface area (Å²) in [4.78, 5) is 25.4. The Hall–Kier alpha value is -3.38. The molecule has 0 aliphatic heterocycles. The van der Waals surface area contributed by atoms with Gasteiger partial charge in [0.15, 0.2) is 0 Å². The van der Waals surface area contributed by atoms with Crippen molar-refractivity contribution in [2.45, 2.75) is 20.4 Å². The van der Waals surface area contributed by atoms with Gasteiger partial charge in [-0.05, 0) is 55.8 Å². The van der Waals surface area contributed by atoms with Crippen LogP contribution in [-0.2, 0) is 11.3 Å². The number of halogens is 1. The topological polar surface area (TPSA) is 57.5 Å². The maximum Gasteiger partial charge on any atom is 0.343 e. The summed E-state index contributed by atoms with van der Waals surface area (Å²) < 4.78 is 13.8. The van der Waals surface area contributed by atoms with Crippen molar-refractivity contribution in [3.8, 4) is 5.75 Å². The van der Waals surface area contributed by atoms with Crippen molar-refractivity contribution in [3.63, 3.8) is 0 Å². The number of hydrogen-bond donors (Lipinski definition) is 0. The number of hydrogen-bond acceptors (Lipinski definition) is 4. The van der Waals surface area contributed by atoms with Gasteiger partial charge in [0.1, 0.15) is 5.75 Å². The average Bonchev–Trinajstić information content (AvgIpc) is 3.05. The molecule has 162 valence electrons. The van der Waals surface area contributed by atoms with Crippen molar-refractivity contribution in [2.24, 2.45) is 0 Å². The predicted octanol–water partition coefficient (Wildman–Crippen LogP) is 6.16. The Morgan fingerprint density at radius 2 is 1.72 bits per heavy atom. The Morgan fingerprint density at radius 3 is 2.44 bits per heavy atom. The minimum atomic E-state index is -0.469. The van der Waals surface area contributed by atoms with E-state index in [9.17, 15) is 9.59 Å². The average molecular weight is 492 g/mol. The molecule has 4 aromatic rings. The molecule has 0 aliphatic carbocycles. The number of carbonyl (C=O) groups is 2. The number of nitrogens with zero attached hydrogens (tertiary/aromatic N) is 1. The van der Waals surface area contributed by atoms with Gasteiger partial charge < -0.3 is 14.0 Å². The predicted molar refractivity (Wildman–Crippen MR) is 127 cm³/mol. The zero-order chi connectivity index (χ0) is 22.7. The van der Waals surface area contributed by atoms with E-state index in [0.717, 1.165) is 21.2 Å². The van der Waals surface area contributed by atoms with Gasteiger partial charge in [0.25, 0.3) is 0 Å². The third kappa shape index (κ3) is 4.46. The molecule has 6 heteroatoms. The summed E-state index contributed by atoms with van der Waals surface area (Å²) in [6.45, 7) is 4.57. The summed E-state index contributed by atoms with van der Waals surface area (Å²) in [7, 11) is 0. The number of aromatic nitrogens is 1. The molecule has 0 fully saturated rings. The Morgan fingerprint density at radius 1 is 0.938 bits per heavy atom. The second-order valence-corrected chi connectivity index (χ2v) is 8.25. The molecule has 0 saturated heterocycles.